The molecule has 11 rings (SSSR count). The fourth-order valence-electron chi connectivity index (χ4n) is 9.27. The summed E-state index contributed by atoms with van der Waals surface area (Å²) in [6, 6.07) is 16.6. The lowest BCUT2D eigenvalue weighted by Gasteiger charge is -2.30. The lowest BCUT2D eigenvalue weighted by Crippen LogP contribution is -2.33. The summed E-state index contributed by atoms with van der Waals surface area (Å²) >= 11 is 1.80. The number of benzene rings is 2. The Bertz CT molecular complexity index is 2410. The van der Waals surface area contributed by atoms with Gasteiger partial charge in [-0.05, 0) is 112 Å². The van der Waals surface area contributed by atoms with Crippen LogP contribution in [0.25, 0.3) is 44.7 Å². The molecule has 1 saturated carbocycles. The molecule has 12 heteroatoms. The zero-order chi connectivity index (χ0) is 36.6. The molecule has 1 amide bonds. The summed E-state index contributed by atoms with van der Waals surface area (Å²) in [7, 11) is 0. The normalized spacial score (nSPS) is 22.6. The van der Waals surface area contributed by atoms with Gasteiger partial charge in [-0.2, -0.15) is 0 Å². The van der Waals surface area contributed by atoms with Crippen LogP contribution >= 0.6 is 11.3 Å². The van der Waals surface area contributed by atoms with Gasteiger partial charge in [-0.15, -0.1) is 11.3 Å². The molecular formula is C43H44FN7O3S. The molecule has 0 spiro atoms. The second-order valence-corrected chi connectivity index (χ2v) is 17.2. The highest BCUT2D eigenvalue weighted by atomic mass is 32.1. The van der Waals surface area contributed by atoms with Crippen LogP contribution in [0.15, 0.2) is 60.9 Å². The van der Waals surface area contributed by atoms with Crippen LogP contribution in [0.2, 0.25) is 0 Å². The third-order valence-corrected chi connectivity index (χ3v) is 13.7. The molecule has 55 heavy (non-hydrogen) atoms. The molecule has 4 fully saturated rings. The molecule has 0 radical (unpaired) electrons. The number of imidazole rings is 2. The minimum absolute atomic E-state index is 0.0482. The summed E-state index contributed by atoms with van der Waals surface area (Å²) < 4.78 is 31.0. The van der Waals surface area contributed by atoms with Crippen LogP contribution in [-0.4, -0.2) is 61.6 Å². The maximum absolute atomic E-state index is 16.5. The number of carbonyl (C=O) groups is 1. The Morgan fingerprint density at radius 1 is 0.873 bits per heavy atom. The van der Waals surface area contributed by atoms with Crippen molar-refractivity contribution in [2.75, 3.05) is 26.3 Å². The lowest BCUT2D eigenvalue weighted by molar-refractivity contribution is -0.134. The van der Waals surface area contributed by atoms with Gasteiger partial charge in [-0.25, -0.2) is 14.4 Å². The largest absolute Gasteiger partial charge is 0.464 e. The first kappa shape index (κ1) is 33.5. The number of nitrogens with one attached hydrogen (secondary N) is 3. The van der Waals surface area contributed by atoms with Gasteiger partial charge in [-0.1, -0.05) is 6.07 Å². The molecular weight excluding hydrogens is 714 g/mol. The Labute approximate surface area is 322 Å². The van der Waals surface area contributed by atoms with Crippen molar-refractivity contribution < 1.29 is 18.7 Å². The minimum atomic E-state index is -0.441. The number of amides is 1. The van der Waals surface area contributed by atoms with Crippen LogP contribution in [0.4, 0.5) is 4.39 Å². The van der Waals surface area contributed by atoms with Gasteiger partial charge in [-0.3, -0.25) is 9.36 Å². The van der Waals surface area contributed by atoms with Crippen LogP contribution in [0, 0.1) is 11.7 Å². The van der Waals surface area contributed by atoms with E-state index < -0.39 is 6.23 Å². The third-order valence-electron chi connectivity index (χ3n) is 12.4. The van der Waals surface area contributed by atoms with E-state index in [9.17, 15) is 4.79 Å². The zero-order valence-electron chi connectivity index (χ0n) is 30.7. The Morgan fingerprint density at radius 3 is 2.53 bits per heavy atom. The van der Waals surface area contributed by atoms with Gasteiger partial charge in [0, 0.05) is 47.6 Å². The summed E-state index contributed by atoms with van der Waals surface area (Å²) in [6.07, 6.45) is 12.2. The van der Waals surface area contributed by atoms with E-state index >= 15 is 4.39 Å². The molecule has 0 bridgehead atoms. The number of thiophene rings is 1. The monoisotopic (exact) mass is 757 g/mol. The number of likely N-dealkylation sites (tertiary alicyclic amines) is 1. The van der Waals surface area contributed by atoms with Gasteiger partial charge in [0.1, 0.15) is 23.2 Å². The standard InChI is InChI=1S/C43H44FN7O3S/c44-29-19-27(32-23-46-41(48-32)30-3-1-13-45-30)21-36-40(29)35-20-28-18-26(7-8-33(28)51(35)43(54-36)38-10-9-37(55-38)25-5-6-25)31-22-47-42(49-31)34-4-2-14-50(34)39(52)17-24-11-15-53-16-12-24/h7-10,18-25,30,34,43,45H,1-6,11-17H2,(H,46,48)(H,47,49). The molecule has 3 atom stereocenters. The second-order valence-electron chi connectivity index (χ2n) is 16.0. The van der Waals surface area contributed by atoms with Crippen molar-refractivity contribution in [1.82, 2.24) is 34.7 Å². The second kappa shape index (κ2) is 13.5. The lowest BCUT2D eigenvalue weighted by atomic mass is 9.96. The van der Waals surface area contributed by atoms with Crippen LogP contribution in [0.1, 0.15) is 103 Å². The quantitative estimate of drug-likeness (QED) is 0.143. The van der Waals surface area contributed by atoms with Crippen molar-refractivity contribution in [3.05, 3.63) is 88.1 Å². The molecule has 2 aromatic carbocycles. The average Bonchev–Trinajstić information content (AvgIpc) is 3.93. The number of hydrogen-bond donors (Lipinski definition) is 3. The van der Waals surface area contributed by atoms with E-state index in [4.69, 9.17) is 14.5 Å². The molecule has 10 nitrogen and oxygen atoms in total. The number of nitrogens with zero attached hydrogens (tertiary/aromatic N) is 4. The van der Waals surface area contributed by atoms with E-state index in [2.05, 4.69) is 61.2 Å². The Kier molecular flexibility index (Phi) is 8.21. The smallest absolute Gasteiger partial charge is 0.223 e. The van der Waals surface area contributed by atoms with E-state index in [0.717, 1.165) is 115 Å². The van der Waals surface area contributed by atoms with Crippen molar-refractivity contribution in [3.8, 4) is 39.5 Å². The summed E-state index contributed by atoms with van der Waals surface area (Å²) in [4.78, 5) is 34.4. The van der Waals surface area contributed by atoms with E-state index in [1.54, 1.807) is 23.6 Å². The maximum Gasteiger partial charge on any atom is 0.223 e. The van der Waals surface area contributed by atoms with E-state index in [1.165, 1.54) is 17.7 Å². The number of H-pyrrole nitrogens is 2. The zero-order valence-corrected chi connectivity index (χ0v) is 31.5. The Morgan fingerprint density at radius 2 is 1.69 bits per heavy atom. The van der Waals surface area contributed by atoms with Crippen molar-refractivity contribution in [2.45, 2.75) is 82.0 Å². The van der Waals surface area contributed by atoms with Gasteiger partial charge < -0.3 is 29.7 Å². The fourth-order valence-corrected chi connectivity index (χ4v) is 10.5. The predicted molar refractivity (Wildman–Crippen MR) is 209 cm³/mol. The van der Waals surface area contributed by atoms with Gasteiger partial charge in [0.2, 0.25) is 12.1 Å². The number of fused-ring (bicyclic) bond motifs is 5. The van der Waals surface area contributed by atoms with E-state index in [-0.39, 0.29) is 23.8 Å². The number of ether oxygens (including phenoxy) is 2. The fraction of sp³-hybridized carbons (Fsp3) is 0.419. The average molecular weight is 758 g/mol. The minimum Gasteiger partial charge on any atom is -0.464 e. The molecule has 4 aromatic heterocycles. The van der Waals surface area contributed by atoms with Crippen LogP contribution in [0.3, 0.4) is 0 Å². The molecule has 282 valence electrons. The van der Waals surface area contributed by atoms with Crippen LogP contribution in [0.5, 0.6) is 5.75 Å². The molecule has 3 saturated heterocycles. The number of aromatic nitrogens is 5. The summed E-state index contributed by atoms with van der Waals surface area (Å²) in [5.41, 5.74) is 5.60. The highest BCUT2D eigenvalue weighted by molar-refractivity contribution is 7.12. The summed E-state index contributed by atoms with van der Waals surface area (Å²) in [5.74, 6) is 3.15. The van der Waals surface area contributed by atoms with Crippen molar-refractivity contribution in [1.29, 1.82) is 0 Å². The molecule has 4 aliphatic heterocycles. The summed E-state index contributed by atoms with van der Waals surface area (Å²) in [6.45, 7) is 3.23. The van der Waals surface area contributed by atoms with Crippen LogP contribution in [-0.2, 0) is 9.53 Å². The highest BCUT2D eigenvalue weighted by Gasteiger charge is 2.36. The number of hydrogen-bond acceptors (Lipinski definition) is 7. The van der Waals surface area contributed by atoms with Crippen LogP contribution < -0.4 is 10.1 Å². The first-order chi connectivity index (χ1) is 27.0. The van der Waals surface area contributed by atoms with E-state index in [0.29, 0.717) is 35.1 Å². The summed E-state index contributed by atoms with van der Waals surface area (Å²) in [5, 5.41) is 4.48. The third kappa shape index (κ3) is 6.00. The van der Waals surface area contributed by atoms with Crippen molar-refractivity contribution in [3.63, 3.8) is 0 Å². The SMILES string of the molecule is O=C(CC1CCOCC1)N1CCCC1c1ncc(-c2ccc3c(c2)cc2n3C(c3ccc(C4CC4)s3)Oc3cc(-c4cnc(C5CCCN5)[nH]4)cc(F)c3-2)[nH]1. The van der Waals surface area contributed by atoms with Crippen molar-refractivity contribution >= 4 is 28.1 Å². The number of rotatable bonds is 8. The Balaban J connectivity index is 0.937. The molecule has 5 aliphatic rings. The number of halogens is 1. The maximum atomic E-state index is 16.5. The van der Waals surface area contributed by atoms with E-state index in [1.807, 2.05) is 17.2 Å². The first-order valence-electron chi connectivity index (χ1n) is 20.0. The van der Waals surface area contributed by atoms with Gasteiger partial charge >= 0.3 is 0 Å². The first-order valence-corrected chi connectivity index (χ1v) is 20.8. The van der Waals surface area contributed by atoms with Crippen molar-refractivity contribution in [2.24, 2.45) is 5.92 Å². The number of aromatic amines is 2. The molecule has 1 aliphatic carbocycles. The van der Waals surface area contributed by atoms with Gasteiger partial charge in [0.05, 0.1) is 57.5 Å². The Hall–Kier alpha value is -4.78. The highest BCUT2D eigenvalue weighted by Crippen LogP contribution is 2.50. The number of carbonyl (C=O) groups excluding carboxylic acids is 1. The topological polar surface area (TPSA) is 113 Å². The molecule has 3 N–H and O–H groups in total. The predicted octanol–water partition coefficient (Wildman–Crippen LogP) is 9.01. The molecule has 3 unspecified atom stereocenters. The molecule has 6 aromatic rings. The molecule has 8 heterocycles. The van der Waals surface area contributed by atoms with Gasteiger partial charge in [0.15, 0.2) is 0 Å². The van der Waals surface area contributed by atoms with Gasteiger partial charge in [0.25, 0.3) is 0 Å².